The normalized spacial score (nSPS) is 18.9. The maximum atomic E-state index is 11.2. The smallest absolute Gasteiger partial charge is 0.235 e. The van der Waals surface area contributed by atoms with Crippen molar-refractivity contribution < 1.29 is 19.1 Å². The molecule has 0 amide bonds. The first-order valence-corrected chi connectivity index (χ1v) is 7.68. The number of halogens is 1. The Hall–Kier alpha value is -1.65. The molecule has 5 nitrogen and oxygen atoms in total. The fourth-order valence-electron chi connectivity index (χ4n) is 3.19. The van der Waals surface area contributed by atoms with E-state index in [1.807, 2.05) is 0 Å². The van der Waals surface area contributed by atoms with Gasteiger partial charge in [-0.2, -0.15) is 4.99 Å². The number of carbonyl (C=O) groups is 1. The van der Waals surface area contributed by atoms with Crippen LogP contribution < -0.4 is 9.47 Å². The topological polar surface area (TPSA) is 65.0 Å². The van der Waals surface area contributed by atoms with E-state index >= 15 is 0 Å². The average Bonchev–Trinajstić information content (AvgIpc) is 2.96. The minimum absolute atomic E-state index is 0.402. The molecule has 0 unspecified atom stereocenters. The lowest BCUT2D eigenvalue weighted by atomic mass is 9.87. The van der Waals surface area contributed by atoms with E-state index in [0.29, 0.717) is 30.3 Å². The number of rotatable bonds is 3. The zero-order chi connectivity index (χ0) is 14.9. The highest BCUT2D eigenvalue weighted by atomic mass is 79.9. The Bertz CT molecular complexity index is 631. The first-order valence-electron chi connectivity index (χ1n) is 6.88. The van der Waals surface area contributed by atoms with Crippen molar-refractivity contribution in [1.82, 2.24) is 0 Å². The van der Waals surface area contributed by atoms with Crippen LogP contribution in [0.5, 0.6) is 11.5 Å². The number of hydrogen-bond acceptors (Lipinski definition) is 5. The predicted octanol–water partition coefficient (Wildman–Crippen LogP) is 3.14. The second kappa shape index (κ2) is 5.62. The van der Waals surface area contributed by atoms with Gasteiger partial charge < -0.3 is 9.47 Å². The van der Waals surface area contributed by atoms with Gasteiger partial charge in [-0.05, 0) is 18.9 Å². The molecule has 1 aromatic carbocycles. The molecule has 1 fully saturated rings. The summed E-state index contributed by atoms with van der Waals surface area (Å²) in [7, 11) is 0. The van der Waals surface area contributed by atoms with Crippen LogP contribution in [-0.2, 0) is 10.3 Å². The Labute approximate surface area is 130 Å². The van der Waals surface area contributed by atoms with Crippen LogP contribution in [0, 0.1) is 0 Å². The molecule has 21 heavy (non-hydrogen) atoms. The monoisotopic (exact) mass is 351 g/mol. The molecular formula is C15H14BrNO4. The van der Waals surface area contributed by atoms with E-state index in [9.17, 15) is 9.59 Å². The Morgan fingerprint density at radius 2 is 1.90 bits per heavy atom. The minimum atomic E-state index is -0.632. The van der Waals surface area contributed by atoms with E-state index in [-0.39, 0.29) is 0 Å². The van der Waals surface area contributed by atoms with E-state index in [1.165, 1.54) is 0 Å². The van der Waals surface area contributed by atoms with Gasteiger partial charge in [0.2, 0.25) is 6.08 Å². The molecule has 0 spiro atoms. The molecular weight excluding hydrogens is 338 g/mol. The van der Waals surface area contributed by atoms with Gasteiger partial charge in [0.25, 0.3) is 0 Å². The molecule has 110 valence electrons. The molecule has 1 heterocycles. The summed E-state index contributed by atoms with van der Waals surface area (Å²) in [5.74, 6) is 0.973. The van der Waals surface area contributed by atoms with Crippen LogP contribution in [-0.4, -0.2) is 25.6 Å². The highest BCUT2D eigenvalue weighted by molar-refractivity contribution is 9.10. The number of carbonyl (C=O) groups excluding carboxylic acids is 2. The number of benzene rings is 1. The largest absolute Gasteiger partial charge is 0.486 e. The number of nitrogens with zero attached hydrogens (tertiary/aromatic N) is 1. The van der Waals surface area contributed by atoms with E-state index in [1.54, 1.807) is 12.1 Å². The molecule has 0 N–H and O–H groups in total. The van der Waals surface area contributed by atoms with Crippen LogP contribution in [0.2, 0.25) is 0 Å². The number of aliphatic imine (C=N–C) groups is 1. The van der Waals surface area contributed by atoms with Gasteiger partial charge in [0.1, 0.15) is 18.8 Å². The summed E-state index contributed by atoms with van der Waals surface area (Å²) in [6.45, 7) is 0.814. The highest BCUT2D eigenvalue weighted by Gasteiger charge is 2.42. The second-order valence-corrected chi connectivity index (χ2v) is 6.09. The Morgan fingerprint density at radius 1 is 1.24 bits per heavy atom. The molecule has 0 atom stereocenters. The predicted molar refractivity (Wildman–Crippen MR) is 78.8 cm³/mol. The fourth-order valence-corrected chi connectivity index (χ4v) is 3.98. The maximum Gasteiger partial charge on any atom is 0.235 e. The van der Waals surface area contributed by atoms with Crippen LogP contribution >= 0.6 is 15.9 Å². The van der Waals surface area contributed by atoms with Gasteiger partial charge in [0.05, 0.1) is 5.56 Å². The summed E-state index contributed by atoms with van der Waals surface area (Å²) >= 11 is 3.50. The number of hydrogen-bond donors (Lipinski definition) is 0. The molecule has 0 bridgehead atoms. The number of ether oxygens (including phenoxy) is 2. The molecule has 1 aromatic rings. The SMILES string of the molecule is O=C=NC1(c2c(Br)cc(C=O)c3c2OCCO3)CCCC1. The average molecular weight is 352 g/mol. The lowest BCUT2D eigenvalue weighted by Gasteiger charge is -2.30. The number of isocyanates is 1. The summed E-state index contributed by atoms with van der Waals surface area (Å²) in [5.41, 5.74) is 0.597. The van der Waals surface area contributed by atoms with Gasteiger partial charge >= 0.3 is 0 Å². The third-order valence-corrected chi connectivity index (χ3v) is 4.70. The van der Waals surface area contributed by atoms with Gasteiger partial charge in [0.15, 0.2) is 17.8 Å². The van der Waals surface area contributed by atoms with Gasteiger partial charge in [-0.25, -0.2) is 4.79 Å². The summed E-state index contributed by atoms with van der Waals surface area (Å²) in [4.78, 5) is 26.2. The van der Waals surface area contributed by atoms with Gasteiger partial charge in [-0.15, -0.1) is 0 Å². The molecule has 3 rings (SSSR count). The molecule has 2 aliphatic rings. The second-order valence-electron chi connectivity index (χ2n) is 5.24. The van der Waals surface area contributed by atoms with Gasteiger partial charge in [-0.1, -0.05) is 28.8 Å². The Kier molecular flexibility index (Phi) is 3.83. The van der Waals surface area contributed by atoms with Crippen molar-refractivity contribution in [2.75, 3.05) is 13.2 Å². The summed E-state index contributed by atoms with van der Waals surface area (Å²) in [6.07, 6.45) is 5.94. The summed E-state index contributed by atoms with van der Waals surface area (Å²) < 4.78 is 12.1. The number of fused-ring (bicyclic) bond motifs is 1. The zero-order valence-electron chi connectivity index (χ0n) is 11.4. The van der Waals surface area contributed by atoms with Crippen molar-refractivity contribution >= 4 is 28.3 Å². The van der Waals surface area contributed by atoms with E-state index in [0.717, 1.165) is 42.0 Å². The van der Waals surface area contributed by atoms with Crippen molar-refractivity contribution in [2.45, 2.75) is 31.2 Å². The van der Waals surface area contributed by atoms with Crippen LogP contribution in [0.25, 0.3) is 0 Å². The van der Waals surface area contributed by atoms with Gasteiger partial charge in [-0.3, -0.25) is 4.79 Å². The first kappa shape index (κ1) is 14.3. The summed E-state index contributed by atoms with van der Waals surface area (Å²) in [5, 5.41) is 0. The van der Waals surface area contributed by atoms with Crippen LogP contribution in [0.1, 0.15) is 41.6 Å². The van der Waals surface area contributed by atoms with Crippen LogP contribution in [0.15, 0.2) is 15.5 Å². The third-order valence-electron chi connectivity index (χ3n) is 4.08. The summed E-state index contributed by atoms with van der Waals surface area (Å²) in [6, 6.07) is 1.70. The van der Waals surface area contributed by atoms with E-state index in [4.69, 9.17) is 9.47 Å². The zero-order valence-corrected chi connectivity index (χ0v) is 12.9. The maximum absolute atomic E-state index is 11.2. The minimum Gasteiger partial charge on any atom is -0.486 e. The van der Waals surface area contributed by atoms with Crippen molar-refractivity contribution in [3.63, 3.8) is 0 Å². The van der Waals surface area contributed by atoms with E-state index < -0.39 is 5.54 Å². The molecule has 6 heteroatoms. The van der Waals surface area contributed by atoms with Crippen LogP contribution in [0.3, 0.4) is 0 Å². The molecule has 0 saturated heterocycles. The van der Waals surface area contributed by atoms with Crippen molar-refractivity contribution in [3.8, 4) is 11.5 Å². The molecule has 0 radical (unpaired) electrons. The van der Waals surface area contributed by atoms with Crippen molar-refractivity contribution in [2.24, 2.45) is 4.99 Å². The standard InChI is InChI=1S/C15H14BrNO4/c16-11-7-10(8-18)13-14(21-6-5-20-13)12(11)15(17-9-19)3-1-2-4-15/h7-8H,1-6H2. The molecule has 1 aliphatic heterocycles. The van der Waals surface area contributed by atoms with Crippen molar-refractivity contribution in [1.29, 1.82) is 0 Å². The number of aldehydes is 1. The van der Waals surface area contributed by atoms with Crippen LogP contribution in [0.4, 0.5) is 0 Å². The lowest BCUT2D eigenvalue weighted by Crippen LogP contribution is -2.25. The van der Waals surface area contributed by atoms with E-state index in [2.05, 4.69) is 20.9 Å². The Balaban J connectivity index is 2.26. The highest BCUT2D eigenvalue weighted by Crippen LogP contribution is 2.52. The lowest BCUT2D eigenvalue weighted by molar-refractivity contribution is 0.111. The Morgan fingerprint density at radius 3 is 2.52 bits per heavy atom. The molecule has 0 aromatic heterocycles. The fraction of sp³-hybridized carbons (Fsp3) is 0.467. The molecule has 1 aliphatic carbocycles. The van der Waals surface area contributed by atoms with Crippen molar-refractivity contribution in [3.05, 3.63) is 21.7 Å². The quantitative estimate of drug-likeness (QED) is 0.476. The molecule has 1 saturated carbocycles. The first-order chi connectivity index (χ1) is 10.2. The third kappa shape index (κ3) is 2.28. The van der Waals surface area contributed by atoms with Gasteiger partial charge in [0, 0.05) is 10.0 Å².